The summed E-state index contributed by atoms with van der Waals surface area (Å²) in [4.78, 5) is 14.0. The van der Waals surface area contributed by atoms with E-state index in [0.29, 0.717) is 11.1 Å². The maximum absolute atomic E-state index is 9.70. The van der Waals surface area contributed by atoms with Gasteiger partial charge in [-0.25, -0.2) is 0 Å². The molecule has 0 N–H and O–H groups in total. The molecule has 478 valence electrons. The van der Waals surface area contributed by atoms with E-state index < -0.39 is 0 Å². The average molecular weight is 1320 g/mol. The van der Waals surface area contributed by atoms with Crippen LogP contribution in [-0.4, -0.2) is 15.0 Å². The van der Waals surface area contributed by atoms with Gasteiger partial charge in [-0.05, 0) is 271 Å². The van der Waals surface area contributed by atoms with Crippen LogP contribution in [0.2, 0.25) is 0 Å². The molecule has 22 rings (SSSR count). The van der Waals surface area contributed by atoms with Crippen LogP contribution < -0.4 is 9.47 Å². The zero-order chi connectivity index (χ0) is 68.7. The molecule has 5 heterocycles. The van der Waals surface area contributed by atoms with Gasteiger partial charge in [0.1, 0.15) is 23.0 Å². The maximum Gasteiger partial charge on any atom is 0.136 e. The van der Waals surface area contributed by atoms with Crippen LogP contribution in [0.15, 0.2) is 322 Å². The molecule has 0 aliphatic carbocycles. The third kappa shape index (κ3) is 9.39. The zero-order valence-electron chi connectivity index (χ0n) is 55.7. The third-order valence-electron chi connectivity index (χ3n) is 21.3. The van der Waals surface area contributed by atoms with E-state index in [2.05, 4.69) is 245 Å². The summed E-state index contributed by atoms with van der Waals surface area (Å²) in [6.45, 7) is 0. The van der Waals surface area contributed by atoms with Gasteiger partial charge in [-0.3, -0.25) is 15.0 Å². The number of para-hydroxylation sites is 1. The smallest absolute Gasteiger partial charge is 0.136 e. The lowest BCUT2D eigenvalue weighted by molar-refractivity contribution is 0.487. The number of benzene rings is 17. The number of nitrogens with zero attached hydrogens (tertiary/aromatic N) is 5. The van der Waals surface area contributed by atoms with E-state index in [9.17, 15) is 10.5 Å². The first-order valence-electron chi connectivity index (χ1n) is 34.8. The molecule has 20 aromatic rings. The number of pyridine rings is 3. The highest BCUT2D eigenvalue weighted by molar-refractivity contribution is 6.26. The summed E-state index contributed by atoms with van der Waals surface area (Å²) in [5.41, 5.74) is 22.1. The van der Waals surface area contributed by atoms with Gasteiger partial charge in [0.05, 0.1) is 40.2 Å². The molecule has 0 atom stereocenters. The Morgan fingerprint density at radius 2 is 0.606 bits per heavy atom. The Morgan fingerprint density at radius 1 is 0.221 bits per heavy atom. The van der Waals surface area contributed by atoms with Gasteiger partial charge in [0.25, 0.3) is 0 Å². The van der Waals surface area contributed by atoms with Crippen molar-refractivity contribution in [3.8, 4) is 136 Å². The Kier molecular flexibility index (Phi) is 13.0. The highest BCUT2D eigenvalue weighted by Gasteiger charge is 2.26. The monoisotopic (exact) mass is 1320 g/mol. The van der Waals surface area contributed by atoms with Crippen molar-refractivity contribution in [2.24, 2.45) is 0 Å². The molecule has 0 saturated heterocycles. The Morgan fingerprint density at radius 3 is 1.11 bits per heavy atom. The fourth-order valence-corrected chi connectivity index (χ4v) is 16.5. The van der Waals surface area contributed by atoms with Crippen LogP contribution >= 0.6 is 0 Å². The molecular weight excluding hydrogens is 1270 g/mol. The minimum atomic E-state index is 0.656. The summed E-state index contributed by atoms with van der Waals surface area (Å²) < 4.78 is 13.0. The molecule has 0 bridgehead atoms. The summed E-state index contributed by atoms with van der Waals surface area (Å²) in [6.07, 6.45) is 5.54. The van der Waals surface area contributed by atoms with Gasteiger partial charge in [0.2, 0.25) is 0 Å². The van der Waals surface area contributed by atoms with Crippen LogP contribution in [0.5, 0.6) is 23.0 Å². The number of hydrogen-bond donors (Lipinski definition) is 0. The standard InChI is InChI=1S/C49H27N3O.C48H26N2O/c50-28-34-15-17-42-41-16-14-29(27-46(41)53-45-9-5-6-40(34)49(42)45)35-20-30-10-12-32-22-36(23-33-13-11-31(21-35)47(30)48(32)33)37-24-38(43-7-1-3-18-51-43)26-39(25-37)44-8-2-4-19-52-44;49-27-36-18-20-43-47-39(36)6-2-8-42(47)41-19-17-31(26-44(41)51-43)38-24-34-15-13-32-22-37(23-33-14-16-35(25-38)46(34)45(32)33)28-9-11-29(12-10-28)40-7-1-4-30-5-3-21-50-48(30)40/h1-27H;1-26H. The van der Waals surface area contributed by atoms with Crippen LogP contribution in [0.25, 0.3) is 197 Å². The lowest BCUT2D eigenvalue weighted by atomic mass is 9.88. The minimum absolute atomic E-state index is 0.656. The predicted octanol–water partition coefficient (Wildman–Crippen LogP) is 25.8. The molecular formula is C97H53N5O2. The highest BCUT2D eigenvalue weighted by atomic mass is 16.5. The van der Waals surface area contributed by atoms with Crippen LogP contribution in [-0.2, 0) is 0 Å². The molecule has 17 aromatic carbocycles. The molecule has 7 heteroatoms. The predicted molar refractivity (Wildman–Crippen MR) is 425 cm³/mol. The molecule has 0 spiro atoms. The summed E-state index contributed by atoms with van der Waals surface area (Å²) in [5.74, 6) is 3.22. The van der Waals surface area contributed by atoms with Gasteiger partial charge in [0, 0.05) is 73.3 Å². The Hall–Kier alpha value is -14.4. The molecule has 0 unspecified atom stereocenters. The first kappa shape index (κ1) is 58.6. The van der Waals surface area contributed by atoms with E-state index in [1.807, 2.05) is 104 Å². The third-order valence-corrected chi connectivity index (χ3v) is 21.3. The quantitative estimate of drug-likeness (QED) is 0.146. The summed E-state index contributed by atoms with van der Waals surface area (Å²) in [7, 11) is 0. The fourth-order valence-electron chi connectivity index (χ4n) is 16.5. The van der Waals surface area contributed by atoms with Crippen molar-refractivity contribution in [3.63, 3.8) is 0 Å². The largest absolute Gasteiger partial charge is 0.456 e. The number of nitriles is 2. The van der Waals surface area contributed by atoms with Crippen LogP contribution in [0, 0.1) is 22.7 Å². The van der Waals surface area contributed by atoms with Crippen molar-refractivity contribution in [1.82, 2.24) is 15.0 Å². The van der Waals surface area contributed by atoms with Gasteiger partial charge >= 0.3 is 0 Å². The number of fused-ring (bicyclic) bond motifs is 5. The summed E-state index contributed by atoms with van der Waals surface area (Å²) >= 11 is 0. The second-order valence-electron chi connectivity index (χ2n) is 27.2. The second-order valence-corrected chi connectivity index (χ2v) is 27.2. The van der Waals surface area contributed by atoms with Crippen molar-refractivity contribution in [3.05, 3.63) is 333 Å². The van der Waals surface area contributed by atoms with Crippen molar-refractivity contribution in [2.45, 2.75) is 0 Å². The van der Waals surface area contributed by atoms with Gasteiger partial charge in [-0.2, -0.15) is 10.5 Å². The SMILES string of the molecule is N#Cc1ccc2c3c(cccc13)-c1ccc(-c3cc4ccc5cc(-c6ccc(-c7cccc8cccnc78)cc6)cc6ccc(c3)c4c56)cc1O2.N#Cc1ccc2c3c(cccc13)Oc1cc(-c3cc4ccc5cc(-c6cc(-c7ccccn7)cc(-c7ccccn7)c6)cc6ccc(c3)c4c56)ccc1-2. The highest BCUT2D eigenvalue weighted by Crippen LogP contribution is 2.52. The number of aromatic nitrogens is 3. The topological polar surface area (TPSA) is 105 Å². The van der Waals surface area contributed by atoms with Gasteiger partial charge in [-0.15, -0.1) is 0 Å². The van der Waals surface area contributed by atoms with E-state index in [-0.39, 0.29) is 0 Å². The normalized spacial score (nSPS) is 12.0. The van der Waals surface area contributed by atoms with Gasteiger partial charge in [-0.1, -0.05) is 158 Å². The van der Waals surface area contributed by atoms with Crippen molar-refractivity contribution < 1.29 is 9.47 Å². The molecule has 0 amide bonds. The summed E-state index contributed by atoms with van der Waals surface area (Å²) in [6, 6.07) is 112. The molecule has 0 fully saturated rings. The second kappa shape index (κ2) is 23.1. The average Bonchev–Trinajstić information content (AvgIpc) is 0.738. The fraction of sp³-hybridized carbons (Fsp3) is 0. The lowest BCUT2D eigenvalue weighted by Crippen LogP contribution is -1.98. The number of ether oxygens (including phenoxy) is 2. The van der Waals surface area contributed by atoms with Gasteiger partial charge in [0.15, 0.2) is 0 Å². The number of hydrogen-bond acceptors (Lipinski definition) is 7. The molecule has 3 aromatic heterocycles. The first-order chi connectivity index (χ1) is 51.4. The van der Waals surface area contributed by atoms with E-state index in [0.717, 1.165) is 139 Å². The lowest BCUT2D eigenvalue weighted by Gasteiger charge is -2.22. The molecule has 2 aliphatic heterocycles. The Balaban J connectivity index is 0.000000134. The molecule has 7 nitrogen and oxygen atoms in total. The van der Waals surface area contributed by atoms with Gasteiger partial charge < -0.3 is 9.47 Å². The van der Waals surface area contributed by atoms with E-state index in [1.165, 1.54) is 81.3 Å². The minimum Gasteiger partial charge on any atom is -0.456 e. The Bertz CT molecular complexity index is 6920. The maximum atomic E-state index is 9.70. The van der Waals surface area contributed by atoms with Crippen LogP contribution in [0.4, 0.5) is 0 Å². The van der Waals surface area contributed by atoms with E-state index >= 15 is 0 Å². The molecule has 2 aliphatic rings. The molecule has 0 radical (unpaired) electrons. The van der Waals surface area contributed by atoms with E-state index in [4.69, 9.17) is 9.47 Å². The van der Waals surface area contributed by atoms with Crippen LogP contribution in [0.3, 0.4) is 0 Å². The van der Waals surface area contributed by atoms with Crippen molar-refractivity contribution >= 4 is 97.1 Å². The zero-order valence-corrected chi connectivity index (χ0v) is 55.7. The van der Waals surface area contributed by atoms with Crippen molar-refractivity contribution in [2.75, 3.05) is 0 Å². The van der Waals surface area contributed by atoms with Crippen LogP contribution in [0.1, 0.15) is 11.1 Å². The van der Waals surface area contributed by atoms with Crippen molar-refractivity contribution in [1.29, 1.82) is 10.5 Å². The molecule has 0 saturated carbocycles. The number of rotatable bonds is 7. The molecule has 104 heavy (non-hydrogen) atoms. The first-order valence-corrected chi connectivity index (χ1v) is 34.8. The van der Waals surface area contributed by atoms with E-state index in [1.54, 1.807) is 0 Å². The summed E-state index contributed by atoms with van der Waals surface area (Å²) in [5, 5.41) is 39.2. The Labute approximate surface area is 596 Å².